The van der Waals surface area contributed by atoms with Crippen LogP contribution in [0.25, 0.3) is 11.3 Å². The van der Waals surface area contributed by atoms with E-state index < -0.39 is 0 Å². The highest BCUT2D eigenvalue weighted by Gasteiger charge is 2.23. The fraction of sp³-hybridized carbons (Fsp3) is 0.550. The summed E-state index contributed by atoms with van der Waals surface area (Å²) in [4.78, 5) is 8.18. The topological polar surface area (TPSA) is 25.4 Å². The third-order valence-electron chi connectivity index (χ3n) is 4.39. The summed E-state index contributed by atoms with van der Waals surface area (Å²) >= 11 is 1.76. The van der Waals surface area contributed by atoms with Crippen LogP contribution in [0, 0.1) is 5.82 Å². The van der Waals surface area contributed by atoms with Crippen LogP contribution in [0.4, 0.5) is 10.1 Å². The normalized spacial score (nSPS) is 15.6. The molecular formula is C20H27FN2OS. The van der Waals surface area contributed by atoms with Gasteiger partial charge in [0.15, 0.2) is 0 Å². The summed E-state index contributed by atoms with van der Waals surface area (Å²) in [6.07, 6.45) is 2.04. The maximum atomic E-state index is 14.8. The minimum atomic E-state index is -0.174. The first-order chi connectivity index (χ1) is 11.9. The molecule has 25 heavy (non-hydrogen) atoms. The third-order valence-corrected chi connectivity index (χ3v) is 5.93. The summed E-state index contributed by atoms with van der Waals surface area (Å²) in [5.74, 6) is -0.174. The fourth-order valence-electron chi connectivity index (χ4n) is 3.01. The molecule has 0 radical (unpaired) electrons. The number of hydrogen-bond donors (Lipinski definition) is 0. The van der Waals surface area contributed by atoms with Gasteiger partial charge in [0.1, 0.15) is 5.82 Å². The Morgan fingerprint density at radius 3 is 2.56 bits per heavy atom. The summed E-state index contributed by atoms with van der Waals surface area (Å²) in [5.41, 5.74) is 2.50. The van der Waals surface area contributed by atoms with E-state index in [1.165, 1.54) is 4.88 Å². The van der Waals surface area contributed by atoms with Gasteiger partial charge in [0.25, 0.3) is 0 Å². The van der Waals surface area contributed by atoms with Crippen molar-refractivity contribution < 1.29 is 9.13 Å². The van der Waals surface area contributed by atoms with E-state index in [1.54, 1.807) is 17.4 Å². The van der Waals surface area contributed by atoms with E-state index in [1.807, 2.05) is 12.1 Å². The standard InChI is InChI=1S/C20H27FN2OS/c1-5-6-17-18(22-19(25-17)20(2,3)4)14-7-8-16(15(21)13-14)23-9-11-24-12-10-23/h7-8,13H,5-6,9-12H2,1-4H3. The Kier molecular flexibility index (Phi) is 5.44. The Hall–Kier alpha value is -1.46. The molecule has 1 aromatic heterocycles. The first-order valence-electron chi connectivity index (χ1n) is 9.03. The monoisotopic (exact) mass is 362 g/mol. The Morgan fingerprint density at radius 1 is 1.24 bits per heavy atom. The minimum Gasteiger partial charge on any atom is -0.378 e. The van der Waals surface area contributed by atoms with E-state index in [0.29, 0.717) is 18.9 Å². The van der Waals surface area contributed by atoms with E-state index in [2.05, 4.69) is 32.6 Å². The summed E-state index contributed by atoms with van der Waals surface area (Å²) in [6, 6.07) is 5.54. The number of thiazole rings is 1. The molecule has 0 bridgehead atoms. The highest BCUT2D eigenvalue weighted by atomic mass is 32.1. The fourth-order valence-corrected chi connectivity index (χ4v) is 4.25. The van der Waals surface area contributed by atoms with Crippen molar-refractivity contribution in [3.63, 3.8) is 0 Å². The van der Waals surface area contributed by atoms with Gasteiger partial charge in [-0.25, -0.2) is 9.37 Å². The van der Waals surface area contributed by atoms with Gasteiger partial charge >= 0.3 is 0 Å². The number of halogens is 1. The number of aryl methyl sites for hydroxylation is 1. The quantitative estimate of drug-likeness (QED) is 0.762. The number of aromatic nitrogens is 1. The molecule has 1 aliphatic rings. The number of rotatable bonds is 4. The van der Waals surface area contributed by atoms with E-state index in [-0.39, 0.29) is 11.2 Å². The predicted octanol–water partition coefficient (Wildman–Crippen LogP) is 5.04. The molecule has 0 atom stereocenters. The smallest absolute Gasteiger partial charge is 0.147 e. The second-order valence-electron chi connectivity index (χ2n) is 7.56. The van der Waals surface area contributed by atoms with E-state index >= 15 is 0 Å². The molecule has 1 fully saturated rings. The number of ether oxygens (including phenoxy) is 1. The lowest BCUT2D eigenvalue weighted by molar-refractivity contribution is 0.122. The molecule has 3 nitrogen and oxygen atoms in total. The van der Waals surface area contributed by atoms with Crippen molar-refractivity contribution in [2.45, 2.75) is 46.0 Å². The van der Waals surface area contributed by atoms with E-state index in [9.17, 15) is 4.39 Å². The van der Waals surface area contributed by atoms with Crippen LogP contribution < -0.4 is 4.90 Å². The molecule has 5 heteroatoms. The first-order valence-corrected chi connectivity index (χ1v) is 9.84. The van der Waals surface area contributed by atoms with Crippen molar-refractivity contribution in [1.29, 1.82) is 0 Å². The summed E-state index contributed by atoms with van der Waals surface area (Å²) in [5, 5.41) is 1.11. The van der Waals surface area contributed by atoms with Gasteiger partial charge in [-0.3, -0.25) is 0 Å². The average Bonchev–Trinajstić information content (AvgIpc) is 3.00. The molecule has 1 aliphatic heterocycles. The van der Waals surface area contributed by atoms with Gasteiger partial charge in [-0.1, -0.05) is 40.2 Å². The Morgan fingerprint density at radius 2 is 1.96 bits per heavy atom. The van der Waals surface area contributed by atoms with Crippen LogP contribution >= 0.6 is 11.3 Å². The zero-order valence-corrected chi connectivity index (χ0v) is 16.4. The maximum Gasteiger partial charge on any atom is 0.147 e. The molecule has 1 saturated heterocycles. The van der Waals surface area contributed by atoms with Gasteiger partial charge in [0.2, 0.25) is 0 Å². The van der Waals surface area contributed by atoms with Gasteiger partial charge in [-0.2, -0.15) is 0 Å². The first kappa shape index (κ1) is 18.3. The van der Waals surface area contributed by atoms with Crippen molar-refractivity contribution in [3.8, 4) is 11.3 Å². The lowest BCUT2D eigenvalue weighted by atomic mass is 9.98. The van der Waals surface area contributed by atoms with E-state index in [4.69, 9.17) is 9.72 Å². The van der Waals surface area contributed by atoms with Crippen LogP contribution in [-0.4, -0.2) is 31.3 Å². The molecule has 0 spiro atoms. The number of anilines is 1. The van der Waals surface area contributed by atoms with Crippen LogP contribution in [0.1, 0.15) is 44.0 Å². The lowest BCUT2D eigenvalue weighted by Crippen LogP contribution is -2.36. The molecule has 0 saturated carbocycles. The lowest BCUT2D eigenvalue weighted by Gasteiger charge is -2.29. The summed E-state index contributed by atoms with van der Waals surface area (Å²) in [7, 11) is 0. The molecule has 0 N–H and O–H groups in total. The van der Waals surface area contributed by atoms with Gasteiger partial charge in [-0.05, 0) is 18.6 Å². The van der Waals surface area contributed by atoms with Crippen molar-refractivity contribution >= 4 is 17.0 Å². The average molecular weight is 363 g/mol. The van der Waals surface area contributed by atoms with Gasteiger partial charge < -0.3 is 9.64 Å². The number of nitrogens with zero attached hydrogens (tertiary/aromatic N) is 2. The second-order valence-corrected chi connectivity index (χ2v) is 8.64. The van der Waals surface area contributed by atoms with Crippen molar-refractivity contribution in [2.75, 3.05) is 31.2 Å². The molecule has 2 heterocycles. The van der Waals surface area contributed by atoms with Gasteiger partial charge in [-0.15, -0.1) is 11.3 Å². The summed E-state index contributed by atoms with van der Waals surface area (Å²) < 4.78 is 20.1. The highest BCUT2D eigenvalue weighted by molar-refractivity contribution is 7.12. The Balaban J connectivity index is 1.96. The van der Waals surface area contributed by atoms with Crippen molar-refractivity contribution in [3.05, 3.63) is 33.9 Å². The number of benzene rings is 1. The summed E-state index contributed by atoms with van der Waals surface area (Å²) in [6.45, 7) is 11.5. The zero-order valence-electron chi connectivity index (χ0n) is 15.6. The van der Waals surface area contributed by atoms with Gasteiger partial charge in [0.05, 0.1) is 29.6 Å². The van der Waals surface area contributed by atoms with Crippen molar-refractivity contribution in [2.24, 2.45) is 0 Å². The molecule has 136 valence electrons. The van der Waals surface area contributed by atoms with Crippen LogP contribution in [0.3, 0.4) is 0 Å². The largest absolute Gasteiger partial charge is 0.378 e. The third kappa shape index (κ3) is 4.04. The van der Waals surface area contributed by atoms with Gasteiger partial charge in [0, 0.05) is 28.9 Å². The zero-order chi connectivity index (χ0) is 18.0. The highest BCUT2D eigenvalue weighted by Crippen LogP contribution is 2.36. The van der Waals surface area contributed by atoms with Crippen LogP contribution in [0.15, 0.2) is 18.2 Å². The molecule has 2 aromatic rings. The molecule has 3 rings (SSSR count). The molecular weight excluding hydrogens is 335 g/mol. The number of morpholine rings is 1. The minimum absolute atomic E-state index is 0.0116. The molecule has 0 amide bonds. The van der Waals surface area contributed by atoms with Crippen LogP contribution in [-0.2, 0) is 16.6 Å². The molecule has 0 unspecified atom stereocenters. The van der Waals surface area contributed by atoms with E-state index in [0.717, 1.165) is 42.2 Å². The SMILES string of the molecule is CCCc1sc(C(C)(C)C)nc1-c1ccc(N2CCOCC2)c(F)c1. The second kappa shape index (κ2) is 7.42. The Bertz CT molecular complexity index is 730. The van der Waals surface area contributed by atoms with Crippen molar-refractivity contribution in [1.82, 2.24) is 4.98 Å². The van der Waals surface area contributed by atoms with Crippen LogP contribution in [0.5, 0.6) is 0 Å². The molecule has 0 aliphatic carbocycles. The predicted molar refractivity (Wildman–Crippen MR) is 103 cm³/mol. The molecule has 1 aromatic carbocycles. The Labute approximate surface area is 153 Å². The van der Waals surface area contributed by atoms with Crippen LogP contribution in [0.2, 0.25) is 0 Å². The number of hydrogen-bond acceptors (Lipinski definition) is 4. The maximum absolute atomic E-state index is 14.8.